The molecule has 1 amide bonds. The van der Waals surface area contributed by atoms with Crippen molar-refractivity contribution in [1.82, 2.24) is 25.1 Å². The van der Waals surface area contributed by atoms with Crippen LogP contribution >= 0.6 is 11.6 Å². The molecule has 1 atom stereocenters. The van der Waals surface area contributed by atoms with Gasteiger partial charge in [-0.05, 0) is 66.9 Å². The lowest BCUT2D eigenvalue weighted by atomic mass is 9.92. The zero-order chi connectivity index (χ0) is 19.5. The molecule has 150 valence electrons. The maximum Gasteiger partial charge on any atom is 0.220 e. The van der Waals surface area contributed by atoms with Gasteiger partial charge < -0.3 is 5.73 Å². The van der Waals surface area contributed by atoms with Crippen molar-refractivity contribution in [3.05, 3.63) is 40.7 Å². The van der Waals surface area contributed by atoms with Crippen molar-refractivity contribution in [2.45, 2.75) is 57.0 Å². The third kappa shape index (κ3) is 4.05. The summed E-state index contributed by atoms with van der Waals surface area (Å²) in [6, 6.07) is 8.23. The number of likely N-dealkylation sites (tertiary alicyclic amines) is 1. The van der Waals surface area contributed by atoms with Crippen LogP contribution in [-0.4, -0.2) is 44.1 Å². The van der Waals surface area contributed by atoms with Gasteiger partial charge in [-0.15, -0.1) is 5.10 Å². The van der Waals surface area contributed by atoms with Crippen LogP contribution in [0.2, 0.25) is 5.02 Å². The molecule has 1 aliphatic carbocycles. The molecule has 4 rings (SSSR count). The van der Waals surface area contributed by atoms with Crippen LogP contribution < -0.4 is 5.73 Å². The summed E-state index contributed by atoms with van der Waals surface area (Å²) < 4.78 is 2.04. The van der Waals surface area contributed by atoms with E-state index in [9.17, 15) is 4.79 Å². The Kier molecular flexibility index (Phi) is 5.92. The fourth-order valence-corrected chi connectivity index (χ4v) is 4.70. The van der Waals surface area contributed by atoms with Gasteiger partial charge in [-0.2, -0.15) is 0 Å². The smallest absolute Gasteiger partial charge is 0.220 e. The predicted octanol–water partition coefficient (Wildman–Crippen LogP) is 3.12. The molecule has 1 aromatic heterocycles. The molecular formula is C20H27ClN6O. The Hall–Kier alpha value is -1.99. The molecule has 28 heavy (non-hydrogen) atoms. The summed E-state index contributed by atoms with van der Waals surface area (Å²) in [5.41, 5.74) is 6.64. The number of piperidine rings is 1. The van der Waals surface area contributed by atoms with E-state index >= 15 is 0 Å². The lowest BCUT2D eigenvalue weighted by Gasteiger charge is -2.37. The SMILES string of the molecule is NC(=O)C1CCN([C@H](c2ccc(Cl)cc2)c2nnnn2C2CCCCC2)CC1. The van der Waals surface area contributed by atoms with Gasteiger partial charge in [-0.25, -0.2) is 4.68 Å². The van der Waals surface area contributed by atoms with Crippen LogP contribution in [0.1, 0.15) is 68.4 Å². The van der Waals surface area contributed by atoms with E-state index in [0.29, 0.717) is 11.1 Å². The molecule has 2 heterocycles. The van der Waals surface area contributed by atoms with Crippen molar-refractivity contribution < 1.29 is 4.79 Å². The standard InChI is InChI=1S/C20H27ClN6O/c21-16-8-6-14(7-9-16)18(26-12-10-15(11-13-26)19(22)28)20-23-24-25-27(20)17-4-2-1-3-5-17/h6-9,15,17-18H,1-5,10-13H2,(H2,22,28)/t18-/m1/s1. The molecule has 8 heteroatoms. The minimum Gasteiger partial charge on any atom is -0.369 e. The van der Waals surface area contributed by atoms with Crippen molar-refractivity contribution in [2.24, 2.45) is 11.7 Å². The third-order valence-electron chi connectivity index (χ3n) is 6.17. The largest absolute Gasteiger partial charge is 0.369 e. The summed E-state index contributed by atoms with van der Waals surface area (Å²) in [4.78, 5) is 13.9. The molecule has 7 nitrogen and oxygen atoms in total. The topological polar surface area (TPSA) is 89.9 Å². The molecule has 2 fully saturated rings. The van der Waals surface area contributed by atoms with Crippen LogP contribution in [0, 0.1) is 5.92 Å². The number of carbonyl (C=O) groups is 1. The summed E-state index contributed by atoms with van der Waals surface area (Å²) >= 11 is 6.12. The highest BCUT2D eigenvalue weighted by Gasteiger charge is 2.34. The van der Waals surface area contributed by atoms with E-state index in [0.717, 1.165) is 50.2 Å². The molecule has 0 radical (unpaired) electrons. The zero-order valence-corrected chi connectivity index (χ0v) is 16.8. The van der Waals surface area contributed by atoms with Crippen LogP contribution in [0.3, 0.4) is 0 Å². The van der Waals surface area contributed by atoms with E-state index in [4.69, 9.17) is 17.3 Å². The Morgan fingerprint density at radius 3 is 2.39 bits per heavy atom. The van der Waals surface area contributed by atoms with Gasteiger partial charge in [0.2, 0.25) is 5.91 Å². The van der Waals surface area contributed by atoms with E-state index in [-0.39, 0.29) is 17.9 Å². The maximum atomic E-state index is 11.6. The average Bonchev–Trinajstić information content (AvgIpc) is 3.20. The number of benzene rings is 1. The van der Waals surface area contributed by atoms with Gasteiger partial charge >= 0.3 is 0 Å². The first-order valence-corrected chi connectivity index (χ1v) is 10.6. The fraction of sp³-hybridized carbons (Fsp3) is 0.600. The fourth-order valence-electron chi connectivity index (χ4n) is 4.58. The number of amides is 1. The Morgan fingerprint density at radius 2 is 1.75 bits per heavy atom. The van der Waals surface area contributed by atoms with Crippen molar-refractivity contribution in [1.29, 1.82) is 0 Å². The zero-order valence-electron chi connectivity index (χ0n) is 16.0. The number of primary amides is 1. The van der Waals surface area contributed by atoms with Crippen molar-refractivity contribution in [3.63, 3.8) is 0 Å². The summed E-state index contributed by atoms with van der Waals surface area (Å²) in [5, 5.41) is 13.6. The number of rotatable bonds is 5. The van der Waals surface area contributed by atoms with Crippen LogP contribution in [-0.2, 0) is 4.79 Å². The second-order valence-electron chi connectivity index (χ2n) is 7.94. The Morgan fingerprint density at radius 1 is 1.07 bits per heavy atom. The highest BCUT2D eigenvalue weighted by molar-refractivity contribution is 6.30. The van der Waals surface area contributed by atoms with Gasteiger partial charge in [-0.1, -0.05) is 43.0 Å². The highest BCUT2D eigenvalue weighted by Crippen LogP contribution is 2.35. The Labute approximate surface area is 170 Å². The van der Waals surface area contributed by atoms with E-state index in [1.54, 1.807) is 0 Å². The second-order valence-corrected chi connectivity index (χ2v) is 8.38. The van der Waals surface area contributed by atoms with Gasteiger partial charge in [0, 0.05) is 10.9 Å². The number of carbonyl (C=O) groups excluding carboxylic acids is 1. The van der Waals surface area contributed by atoms with Gasteiger partial charge in [0.05, 0.1) is 12.1 Å². The molecule has 0 spiro atoms. The number of aromatic nitrogens is 4. The molecule has 1 saturated carbocycles. The molecular weight excluding hydrogens is 376 g/mol. The summed E-state index contributed by atoms with van der Waals surface area (Å²) in [6.07, 6.45) is 7.51. The minimum absolute atomic E-state index is 0.0449. The number of halogens is 1. The van der Waals surface area contributed by atoms with Crippen LogP contribution in [0.15, 0.2) is 24.3 Å². The quantitative estimate of drug-likeness (QED) is 0.829. The van der Waals surface area contributed by atoms with Crippen molar-refractivity contribution in [2.75, 3.05) is 13.1 Å². The van der Waals surface area contributed by atoms with Crippen molar-refractivity contribution in [3.8, 4) is 0 Å². The van der Waals surface area contributed by atoms with Gasteiger partial charge in [0.25, 0.3) is 0 Å². The normalized spacial score (nSPS) is 20.9. The maximum absolute atomic E-state index is 11.6. The second kappa shape index (κ2) is 8.57. The predicted molar refractivity (Wildman–Crippen MR) is 107 cm³/mol. The Bertz CT molecular complexity index is 793. The van der Waals surface area contributed by atoms with E-state index < -0.39 is 0 Å². The first-order chi connectivity index (χ1) is 13.6. The first-order valence-electron chi connectivity index (χ1n) is 10.2. The van der Waals surface area contributed by atoms with Crippen molar-refractivity contribution >= 4 is 17.5 Å². The highest BCUT2D eigenvalue weighted by atomic mass is 35.5. The van der Waals surface area contributed by atoms with Gasteiger partial charge in [-0.3, -0.25) is 9.69 Å². The molecule has 2 aliphatic rings. The molecule has 1 aromatic carbocycles. The van der Waals surface area contributed by atoms with Gasteiger partial charge in [0.15, 0.2) is 5.82 Å². The number of hydrogen-bond acceptors (Lipinski definition) is 5. The van der Waals surface area contributed by atoms with Crippen LogP contribution in [0.25, 0.3) is 0 Å². The van der Waals surface area contributed by atoms with Crippen LogP contribution in [0.5, 0.6) is 0 Å². The summed E-state index contributed by atoms with van der Waals surface area (Å²) in [5.74, 6) is 0.637. The minimum atomic E-state index is -0.199. The Balaban J connectivity index is 1.65. The molecule has 2 aromatic rings. The lowest BCUT2D eigenvalue weighted by Crippen LogP contribution is -2.41. The summed E-state index contributed by atoms with van der Waals surface area (Å²) in [7, 11) is 0. The molecule has 1 saturated heterocycles. The molecule has 0 unspecified atom stereocenters. The third-order valence-corrected chi connectivity index (χ3v) is 6.42. The molecule has 1 aliphatic heterocycles. The lowest BCUT2D eigenvalue weighted by molar-refractivity contribution is -0.123. The molecule has 0 bridgehead atoms. The van der Waals surface area contributed by atoms with E-state index in [1.165, 1.54) is 19.3 Å². The summed E-state index contributed by atoms with van der Waals surface area (Å²) in [6.45, 7) is 1.58. The van der Waals surface area contributed by atoms with E-state index in [2.05, 4.69) is 20.4 Å². The number of nitrogens with zero attached hydrogens (tertiary/aromatic N) is 5. The molecule has 2 N–H and O–H groups in total. The monoisotopic (exact) mass is 402 g/mol. The number of hydrogen-bond donors (Lipinski definition) is 1. The van der Waals surface area contributed by atoms with Crippen LogP contribution in [0.4, 0.5) is 0 Å². The average molecular weight is 403 g/mol. The van der Waals surface area contributed by atoms with E-state index in [1.807, 2.05) is 28.9 Å². The first kappa shape index (κ1) is 19.3. The number of nitrogens with two attached hydrogens (primary N) is 1. The van der Waals surface area contributed by atoms with Gasteiger partial charge in [0.1, 0.15) is 0 Å². The number of tetrazole rings is 1.